The highest BCUT2D eigenvalue weighted by Crippen LogP contribution is 2.29. The molecule has 7 nitrogen and oxygen atoms in total. The summed E-state index contributed by atoms with van der Waals surface area (Å²) in [6.45, 7) is 0. The van der Waals surface area contributed by atoms with Gasteiger partial charge in [0.1, 0.15) is 17.5 Å². The quantitative estimate of drug-likeness (QED) is 0.706. The van der Waals surface area contributed by atoms with Crippen LogP contribution in [0.15, 0.2) is 41.1 Å². The molecule has 3 aromatic rings. The zero-order chi connectivity index (χ0) is 18.7. The second kappa shape index (κ2) is 6.53. The van der Waals surface area contributed by atoms with E-state index in [9.17, 15) is 13.2 Å². The van der Waals surface area contributed by atoms with Crippen LogP contribution in [0, 0.1) is 22.7 Å². The van der Waals surface area contributed by atoms with Crippen molar-refractivity contribution in [2.45, 2.75) is 6.36 Å². The number of hydrogen-bond acceptors (Lipinski definition) is 7. The molecule has 0 aliphatic heterocycles. The summed E-state index contributed by atoms with van der Waals surface area (Å²) in [5.74, 6) is -0.622. The van der Waals surface area contributed by atoms with Crippen LogP contribution in [0.4, 0.5) is 13.2 Å². The van der Waals surface area contributed by atoms with Gasteiger partial charge in [-0.25, -0.2) is 0 Å². The Balaban J connectivity index is 1.96. The normalized spacial score (nSPS) is 10.8. The van der Waals surface area contributed by atoms with Gasteiger partial charge >= 0.3 is 6.36 Å². The number of aromatic nitrogens is 3. The molecule has 0 fully saturated rings. The van der Waals surface area contributed by atoms with E-state index in [2.05, 4.69) is 19.9 Å². The van der Waals surface area contributed by atoms with Crippen LogP contribution < -0.4 is 4.74 Å². The van der Waals surface area contributed by atoms with Gasteiger partial charge < -0.3 is 9.26 Å². The molecule has 0 spiro atoms. The lowest BCUT2D eigenvalue weighted by Gasteiger charge is -2.09. The van der Waals surface area contributed by atoms with Gasteiger partial charge in [0.15, 0.2) is 0 Å². The van der Waals surface area contributed by atoms with Crippen molar-refractivity contribution < 1.29 is 22.4 Å². The van der Waals surface area contributed by atoms with Gasteiger partial charge in [0, 0.05) is 11.8 Å². The first-order valence-corrected chi connectivity index (χ1v) is 6.89. The summed E-state index contributed by atoms with van der Waals surface area (Å²) in [5, 5.41) is 21.4. The van der Waals surface area contributed by atoms with E-state index in [0.29, 0.717) is 11.3 Å². The van der Waals surface area contributed by atoms with Crippen molar-refractivity contribution in [2.75, 3.05) is 0 Å². The number of halogens is 3. The van der Waals surface area contributed by atoms with Crippen LogP contribution in [-0.4, -0.2) is 21.5 Å². The summed E-state index contributed by atoms with van der Waals surface area (Å²) in [4.78, 5) is 8.04. The van der Waals surface area contributed by atoms with Crippen molar-refractivity contribution in [3.05, 3.63) is 47.7 Å². The predicted octanol–water partition coefficient (Wildman–Crippen LogP) is 3.44. The van der Waals surface area contributed by atoms with Gasteiger partial charge in [0.05, 0.1) is 17.2 Å². The van der Waals surface area contributed by atoms with Gasteiger partial charge in [0.25, 0.3) is 5.89 Å². The molecule has 0 atom stereocenters. The van der Waals surface area contributed by atoms with Crippen LogP contribution in [0.25, 0.3) is 23.0 Å². The number of pyridine rings is 1. The van der Waals surface area contributed by atoms with Gasteiger partial charge in [-0.1, -0.05) is 5.16 Å². The molecule has 0 amide bonds. The third kappa shape index (κ3) is 3.76. The number of ether oxygens (including phenoxy) is 1. The highest BCUT2D eigenvalue weighted by Gasteiger charge is 2.31. The van der Waals surface area contributed by atoms with Crippen LogP contribution in [0.1, 0.15) is 11.1 Å². The fourth-order valence-corrected chi connectivity index (χ4v) is 2.02. The molecule has 10 heteroatoms. The van der Waals surface area contributed by atoms with E-state index in [1.807, 2.05) is 6.07 Å². The molecule has 26 heavy (non-hydrogen) atoms. The molecule has 2 aromatic heterocycles. The van der Waals surface area contributed by atoms with Crippen LogP contribution in [0.3, 0.4) is 0 Å². The van der Waals surface area contributed by atoms with E-state index < -0.39 is 12.1 Å². The first kappa shape index (κ1) is 16.9. The number of rotatable bonds is 3. The highest BCUT2D eigenvalue weighted by atomic mass is 19.4. The van der Waals surface area contributed by atoms with Crippen LogP contribution in [-0.2, 0) is 0 Å². The zero-order valence-electron chi connectivity index (χ0n) is 12.7. The maximum Gasteiger partial charge on any atom is 0.573 e. The molecule has 0 radical (unpaired) electrons. The van der Waals surface area contributed by atoms with E-state index in [4.69, 9.17) is 15.0 Å². The summed E-state index contributed by atoms with van der Waals surface area (Å²) >= 11 is 0. The van der Waals surface area contributed by atoms with Crippen LogP contribution in [0.2, 0.25) is 0 Å². The number of nitrogens with zero attached hydrogens (tertiary/aromatic N) is 5. The Morgan fingerprint density at radius 3 is 2.42 bits per heavy atom. The summed E-state index contributed by atoms with van der Waals surface area (Å²) in [6.07, 6.45) is -3.59. The van der Waals surface area contributed by atoms with E-state index in [0.717, 1.165) is 12.1 Å². The maximum absolute atomic E-state index is 12.4. The average Bonchev–Trinajstić information content (AvgIpc) is 3.10. The summed E-state index contributed by atoms with van der Waals surface area (Å²) in [6, 6.07) is 9.90. The van der Waals surface area contributed by atoms with Crippen molar-refractivity contribution in [3.8, 4) is 40.9 Å². The smallest absolute Gasteiger partial charge is 0.406 e. The van der Waals surface area contributed by atoms with Crippen molar-refractivity contribution in [1.82, 2.24) is 15.1 Å². The SMILES string of the molecule is N#Cc1ccc(-c2noc(-c3cc(C#N)cc(OC(F)(F)F)c3)n2)nc1. The molecule has 2 heterocycles. The minimum atomic E-state index is -4.91. The minimum Gasteiger partial charge on any atom is -0.406 e. The van der Waals surface area contributed by atoms with Crippen LogP contribution in [0.5, 0.6) is 5.75 Å². The standard InChI is InChI=1S/C16H6F3N5O2/c17-16(18,19)25-12-4-10(7-21)3-11(5-12)15-23-14(24-26-15)13-2-1-9(6-20)8-22-13/h1-5,8H. The van der Waals surface area contributed by atoms with Gasteiger partial charge in [-0.2, -0.15) is 15.5 Å². The Hall–Kier alpha value is -3.92. The van der Waals surface area contributed by atoms with E-state index in [1.54, 1.807) is 6.07 Å². The molecular formula is C16H6F3N5O2. The lowest BCUT2D eigenvalue weighted by molar-refractivity contribution is -0.274. The minimum absolute atomic E-state index is 0.0713. The molecule has 0 saturated heterocycles. The first-order valence-electron chi connectivity index (χ1n) is 6.89. The topological polar surface area (TPSA) is 109 Å². The molecule has 128 valence electrons. The third-order valence-corrected chi connectivity index (χ3v) is 3.06. The number of nitriles is 2. The number of hydrogen-bond donors (Lipinski definition) is 0. The Bertz CT molecular complexity index is 1030. The maximum atomic E-state index is 12.4. The lowest BCUT2D eigenvalue weighted by Crippen LogP contribution is -2.17. The number of alkyl halides is 3. The molecule has 3 rings (SSSR count). The van der Waals surface area contributed by atoms with Crippen molar-refractivity contribution in [1.29, 1.82) is 10.5 Å². The Morgan fingerprint density at radius 1 is 1.04 bits per heavy atom. The van der Waals surface area contributed by atoms with E-state index in [-0.39, 0.29) is 22.8 Å². The fourth-order valence-electron chi connectivity index (χ4n) is 2.02. The van der Waals surface area contributed by atoms with Crippen molar-refractivity contribution in [2.24, 2.45) is 0 Å². The summed E-state index contributed by atoms with van der Waals surface area (Å²) in [7, 11) is 0. The van der Waals surface area contributed by atoms with E-state index >= 15 is 0 Å². The largest absolute Gasteiger partial charge is 0.573 e. The van der Waals surface area contributed by atoms with Crippen molar-refractivity contribution in [3.63, 3.8) is 0 Å². The predicted molar refractivity (Wildman–Crippen MR) is 79.1 cm³/mol. The third-order valence-electron chi connectivity index (χ3n) is 3.06. The second-order valence-electron chi connectivity index (χ2n) is 4.87. The first-order chi connectivity index (χ1) is 12.4. The molecule has 0 saturated carbocycles. The van der Waals surface area contributed by atoms with Crippen molar-refractivity contribution >= 4 is 0 Å². The Morgan fingerprint density at radius 2 is 1.81 bits per heavy atom. The molecule has 0 bridgehead atoms. The summed E-state index contributed by atoms with van der Waals surface area (Å²) in [5.41, 5.74) is 0.657. The molecule has 0 aliphatic carbocycles. The second-order valence-corrected chi connectivity index (χ2v) is 4.87. The average molecular weight is 357 g/mol. The molecular weight excluding hydrogens is 351 g/mol. The zero-order valence-corrected chi connectivity index (χ0v) is 12.7. The van der Waals surface area contributed by atoms with Gasteiger partial charge in [-0.05, 0) is 30.3 Å². The molecule has 0 aliphatic rings. The Labute approximate surface area is 143 Å². The van der Waals surface area contributed by atoms with Gasteiger partial charge in [-0.3, -0.25) is 4.98 Å². The number of benzene rings is 1. The Kier molecular flexibility index (Phi) is 4.25. The molecule has 1 aromatic carbocycles. The van der Waals surface area contributed by atoms with Crippen LogP contribution >= 0.6 is 0 Å². The summed E-state index contributed by atoms with van der Waals surface area (Å²) < 4.78 is 46.1. The van der Waals surface area contributed by atoms with Gasteiger partial charge in [0.2, 0.25) is 5.82 Å². The fraction of sp³-hybridized carbons (Fsp3) is 0.0625. The lowest BCUT2D eigenvalue weighted by atomic mass is 10.1. The molecule has 0 unspecified atom stereocenters. The highest BCUT2D eigenvalue weighted by molar-refractivity contribution is 5.62. The monoisotopic (exact) mass is 357 g/mol. The molecule has 0 N–H and O–H groups in total. The van der Waals surface area contributed by atoms with Gasteiger partial charge in [-0.15, -0.1) is 13.2 Å². The van der Waals surface area contributed by atoms with E-state index in [1.165, 1.54) is 24.4 Å².